The molecule has 0 aliphatic heterocycles. The number of nitrogens with zero attached hydrogens (tertiary/aromatic N) is 3. The highest BCUT2D eigenvalue weighted by molar-refractivity contribution is 5.49. The van der Waals surface area contributed by atoms with Gasteiger partial charge in [0.25, 0.3) is 0 Å². The van der Waals surface area contributed by atoms with Gasteiger partial charge in [0.2, 0.25) is 0 Å². The van der Waals surface area contributed by atoms with Crippen molar-refractivity contribution in [2.45, 2.75) is 38.6 Å². The van der Waals surface area contributed by atoms with Crippen LogP contribution in [0.5, 0.6) is 0 Å². The van der Waals surface area contributed by atoms with Crippen LogP contribution in [-0.4, -0.2) is 36.1 Å². The first kappa shape index (κ1) is 13.1. The van der Waals surface area contributed by atoms with E-state index < -0.39 is 0 Å². The zero-order valence-electron chi connectivity index (χ0n) is 11.3. The molecule has 0 saturated heterocycles. The Hall–Kier alpha value is -1.36. The third-order valence-electron chi connectivity index (χ3n) is 3.39. The molecule has 100 valence electrons. The summed E-state index contributed by atoms with van der Waals surface area (Å²) in [6.07, 6.45) is 5.14. The molecule has 0 atom stereocenters. The number of hydrogen-bond acceptors (Lipinski definition) is 5. The molecule has 0 radical (unpaired) electrons. The Balaban J connectivity index is 2.09. The lowest BCUT2D eigenvalue weighted by Crippen LogP contribution is -2.26. The largest absolute Gasteiger partial charge is 0.367 e. The maximum absolute atomic E-state index is 5.57. The second-order valence-electron chi connectivity index (χ2n) is 4.99. The summed E-state index contributed by atoms with van der Waals surface area (Å²) in [5, 5.41) is 3.51. The number of nitrogens with one attached hydrogen (secondary N) is 1. The molecule has 3 N–H and O–H groups in total. The average Bonchev–Trinajstić information content (AvgIpc) is 2.81. The molecule has 0 unspecified atom stereocenters. The number of aryl methyl sites for hydroxylation is 1. The highest BCUT2D eigenvalue weighted by Crippen LogP contribution is 2.23. The molecule has 1 aromatic heterocycles. The van der Waals surface area contributed by atoms with Gasteiger partial charge in [-0.1, -0.05) is 12.8 Å². The minimum Gasteiger partial charge on any atom is -0.367 e. The van der Waals surface area contributed by atoms with Gasteiger partial charge in [-0.25, -0.2) is 9.97 Å². The number of rotatable bonds is 5. The van der Waals surface area contributed by atoms with Gasteiger partial charge in [-0.05, 0) is 19.8 Å². The van der Waals surface area contributed by atoms with E-state index in [0.29, 0.717) is 12.6 Å². The summed E-state index contributed by atoms with van der Waals surface area (Å²) < 4.78 is 0. The van der Waals surface area contributed by atoms with E-state index in [-0.39, 0.29) is 0 Å². The maximum Gasteiger partial charge on any atom is 0.134 e. The van der Waals surface area contributed by atoms with Crippen LogP contribution in [0.1, 0.15) is 31.5 Å². The fourth-order valence-corrected chi connectivity index (χ4v) is 2.41. The highest BCUT2D eigenvalue weighted by atomic mass is 15.2. The SMILES string of the molecule is Cc1nc(NC2CCCC2)cc(N(C)CCN)n1. The molecule has 1 saturated carbocycles. The van der Waals surface area contributed by atoms with Crippen molar-refractivity contribution in [1.29, 1.82) is 0 Å². The molecule has 1 aliphatic carbocycles. The predicted molar refractivity (Wildman–Crippen MR) is 75.0 cm³/mol. The third-order valence-corrected chi connectivity index (χ3v) is 3.39. The Labute approximate surface area is 109 Å². The predicted octanol–water partition coefficient (Wildman–Crippen LogP) is 1.53. The normalized spacial score (nSPS) is 15.9. The fraction of sp³-hybridized carbons (Fsp3) is 0.692. The first-order chi connectivity index (χ1) is 8.69. The average molecular weight is 249 g/mol. The van der Waals surface area contributed by atoms with Crippen molar-refractivity contribution in [1.82, 2.24) is 9.97 Å². The molecule has 1 aliphatic rings. The molecule has 5 heteroatoms. The molecule has 0 spiro atoms. The van der Waals surface area contributed by atoms with E-state index in [4.69, 9.17) is 5.73 Å². The molecule has 1 heterocycles. The van der Waals surface area contributed by atoms with Gasteiger partial charge in [-0.3, -0.25) is 0 Å². The first-order valence-electron chi connectivity index (χ1n) is 6.72. The van der Waals surface area contributed by atoms with E-state index in [1.54, 1.807) is 0 Å². The zero-order chi connectivity index (χ0) is 13.0. The summed E-state index contributed by atoms with van der Waals surface area (Å²) >= 11 is 0. The van der Waals surface area contributed by atoms with Crippen molar-refractivity contribution in [2.24, 2.45) is 5.73 Å². The number of aromatic nitrogens is 2. The number of nitrogens with two attached hydrogens (primary N) is 1. The van der Waals surface area contributed by atoms with Crippen LogP contribution in [0.2, 0.25) is 0 Å². The van der Waals surface area contributed by atoms with E-state index >= 15 is 0 Å². The lowest BCUT2D eigenvalue weighted by molar-refractivity contribution is 0.747. The third kappa shape index (κ3) is 3.32. The number of hydrogen-bond donors (Lipinski definition) is 2. The van der Waals surface area contributed by atoms with Crippen LogP contribution in [0.25, 0.3) is 0 Å². The quantitative estimate of drug-likeness (QED) is 0.828. The molecule has 1 fully saturated rings. The summed E-state index contributed by atoms with van der Waals surface area (Å²) in [5.41, 5.74) is 5.57. The van der Waals surface area contributed by atoms with Crippen LogP contribution in [0.3, 0.4) is 0 Å². The van der Waals surface area contributed by atoms with Crippen molar-refractivity contribution in [3.63, 3.8) is 0 Å². The van der Waals surface area contributed by atoms with Crippen LogP contribution in [0, 0.1) is 6.92 Å². The minimum atomic E-state index is 0.576. The van der Waals surface area contributed by atoms with Crippen molar-refractivity contribution < 1.29 is 0 Å². The lowest BCUT2D eigenvalue weighted by atomic mass is 10.2. The number of anilines is 2. The molecule has 1 aromatic rings. The van der Waals surface area contributed by atoms with Gasteiger partial charge < -0.3 is 16.0 Å². The first-order valence-corrected chi connectivity index (χ1v) is 6.72. The Morgan fingerprint density at radius 3 is 2.78 bits per heavy atom. The standard InChI is InChI=1S/C13H23N5/c1-10-15-12(17-11-5-3-4-6-11)9-13(16-10)18(2)8-7-14/h9,11H,3-8,14H2,1-2H3,(H,15,16,17). The Kier molecular flexibility index (Phi) is 4.36. The Morgan fingerprint density at radius 1 is 1.39 bits per heavy atom. The second-order valence-corrected chi connectivity index (χ2v) is 4.99. The van der Waals surface area contributed by atoms with Crippen molar-refractivity contribution in [3.05, 3.63) is 11.9 Å². The molecule has 5 nitrogen and oxygen atoms in total. The van der Waals surface area contributed by atoms with E-state index in [1.165, 1.54) is 25.7 Å². The smallest absolute Gasteiger partial charge is 0.134 e. The summed E-state index contributed by atoms with van der Waals surface area (Å²) in [6.45, 7) is 3.36. The summed E-state index contributed by atoms with van der Waals surface area (Å²) in [6, 6.07) is 2.59. The summed E-state index contributed by atoms with van der Waals surface area (Å²) in [4.78, 5) is 11.0. The molecule has 0 amide bonds. The van der Waals surface area contributed by atoms with Gasteiger partial charge >= 0.3 is 0 Å². The number of likely N-dealkylation sites (N-methyl/N-ethyl adjacent to an activating group) is 1. The summed E-state index contributed by atoms with van der Waals surface area (Å²) in [7, 11) is 2.01. The van der Waals surface area contributed by atoms with E-state index in [0.717, 1.165) is 24.0 Å². The second kappa shape index (κ2) is 6.00. The zero-order valence-corrected chi connectivity index (χ0v) is 11.3. The van der Waals surface area contributed by atoms with Gasteiger partial charge in [0.05, 0.1) is 0 Å². The molecular formula is C13H23N5. The van der Waals surface area contributed by atoms with Gasteiger partial charge in [0, 0.05) is 32.2 Å². The van der Waals surface area contributed by atoms with Crippen LogP contribution < -0.4 is 16.0 Å². The molecule has 0 bridgehead atoms. The topological polar surface area (TPSA) is 67.1 Å². The van der Waals surface area contributed by atoms with Crippen molar-refractivity contribution in [2.75, 3.05) is 30.4 Å². The van der Waals surface area contributed by atoms with E-state index in [9.17, 15) is 0 Å². The van der Waals surface area contributed by atoms with Crippen LogP contribution in [0.15, 0.2) is 6.07 Å². The van der Waals surface area contributed by atoms with Crippen molar-refractivity contribution >= 4 is 11.6 Å². The van der Waals surface area contributed by atoms with Crippen LogP contribution in [0.4, 0.5) is 11.6 Å². The van der Waals surface area contributed by atoms with Gasteiger partial charge in [0.1, 0.15) is 17.5 Å². The van der Waals surface area contributed by atoms with Gasteiger partial charge in [0.15, 0.2) is 0 Å². The molecule has 18 heavy (non-hydrogen) atoms. The highest BCUT2D eigenvalue weighted by Gasteiger charge is 2.16. The Morgan fingerprint density at radius 2 is 2.11 bits per heavy atom. The lowest BCUT2D eigenvalue weighted by Gasteiger charge is -2.19. The fourth-order valence-electron chi connectivity index (χ4n) is 2.41. The maximum atomic E-state index is 5.57. The molecule has 2 rings (SSSR count). The van der Waals surface area contributed by atoms with E-state index in [1.807, 2.05) is 20.0 Å². The van der Waals surface area contributed by atoms with Crippen LogP contribution >= 0.6 is 0 Å². The van der Waals surface area contributed by atoms with Crippen LogP contribution in [-0.2, 0) is 0 Å². The minimum absolute atomic E-state index is 0.576. The monoisotopic (exact) mass is 249 g/mol. The van der Waals surface area contributed by atoms with Crippen molar-refractivity contribution in [3.8, 4) is 0 Å². The summed E-state index contributed by atoms with van der Waals surface area (Å²) in [5.74, 6) is 2.68. The van der Waals surface area contributed by atoms with Gasteiger partial charge in [-0.15, -0.1) is 0 Å². The molecule has 0 aromatic carbocycles. The Bertz CT molecular complexity index is 387. The molecular weight excluding hydrogens is 226 g/mol. The van der Waals surface area contributed by atoms with E-state index in [2.05, 4.69) is 20.2 Å². The van der Waals surface area contributed by atoms with Gasteiger partial charge in [-0.2, -0.15) is 0 Å².